The minimum atomic E-state index is -0.373. The van der Waals surface area contributed by atoms with Crippen molar-refractivity contribution in [1.82, 2.24) is 4.98 Å². The molecule has 3 nitrogen and oxygen atoms in total. The molecule has 20 heavy (non-hydrogen) atoms. The van der Waals surface area contributed by atoms with Gasteiger partial charge in [0.25, 0.3) is 0 Å². The van der Waals surface area contributed by atoms with Gasteiger partial charge in [-0.05, 0) is 30.4 Å². The fourth-order valence-electron chi connectivity index (χ4n) is 3.49. The van der Waals surface area contributed by atoms with Crippen molar-refractivity contribution >= 4 is 22.4 Å². The third-order valence-corrected chi connectivity index (χ3v) is 4.24. The molecule has 2 aliphatic rings. The van der Waals surface area contributed by atoms with E-state index in [-0.39, 0.29) is 23.6 Å². The Bertz CT molecular complexity index is 798. The number of halogens is 1. The van der Waals surface area contributed by atoms with E-state index >= 15 is 0 Å². The molecule has 0 saturated heterocycles. The van der Waals surface area contributed by atoms with Crippen molar-refractivity contribution in [3.8, 4) is 0 Å². The van der Waals surface area contributed by atoms with Crippen molar-refractivity contribution in [2.75, 3.05) is 6.54 Å². The second-order valence-corrected chi connectivity index (χ2v) is 6.56. The van der Waals surface area contributed by atoms with Crippen molar-refractivity contribution in [1.29, 1.82) is 0 Å². The summed E-state index contributed by atoms with van der Waals surface area (Å²) in [6.07, 6.45) is 1.75. The second-order valence-electron chi connectivity index (χ2n) is 6.56. The van der Waals surface area contributed by atoms with Gasteiger partial charge in [0.1, 0.15) is 12.4 Å². The Kier molecular flexibility index (Phi) is 2.11. The lowest BCUT2D eigenvalue weighted by atomic mass is 9.75. The molecule has 0 spiro atoms. The van der Waals surface area contributed by atoms with Crippen LogP contribution < -0.4 is 0 Å². The van der Waals surface area contributed by atoms with Gasteiger partial charge in [0.05, 0.1) is 0 Å². The van der Waals surface area contributed by atoms with Crippen LogP contribution in [0.25, 0.3) is 10.9 Å². The molecule has 2 heterocycles. The van der Waals surface area contributed by atoms with Crippen molar-refractivity contribution in [2.45, 2.75) is 26.7 Å². The lowest BCUT2D eigenvalue weighted by Gasteiger charge is -2.30. The van der Waals surface area contributed by atoms with Gasteiger partial charge in [-0.25, -0.2) is 4.39 Å². The van der Waals surface area contributed by atoms with Crippen LogP contribution in [-0.2, 0) is 6.42 Å². The summed E-state index contributed by atoms with van der Waals surface area (Å²) in [6, 6.07) is 2.82. The Hall–Kier alpha value is -1.97. The molecule has 0 fully saturated rings. The number of aliphatic imine (C=N–C) groups is 1. The van der Waals surface area contributed by atoms with Gasteiger partial charge in [-0.2, -0.15) is 0 Å². The van der Waals surface area contributed by atoms with Crippen LogP contribution in [0.1, 0.15) is 41.9 Å². The quantitative estimate of drug-likeness (QED) is 0.784. The summed E-state index contributed by atoms with van der Waals surface area (Å²) in [5, 5.41) is 0.859. The van der Waals surface area contributed by atoms with Gasteiger partial charge in [0.15, 0.2) is 5.78 Å². The molecule has 0 unspecified atom stereocenters. The number of nitrogens with one attached hydrogen (secondary N) is 1. The number of carbonyl (C=O) groups excluding carboxylic acids is 1. The third kappa shape index (κ3) is 1.51. The van der Waals surface area contributed by atoms with Gasteiger partial charge in [-0.15, -0.1) is 0 Å². The van der Waals surface area contributed by atoms with Crippen LogP contribution in [0.15, 0.2) is 17.1 Å². The van der Waals surface area contributed by atoms with Gasteiger partial charge in [-0.3, -0.25) is 9.79 Å². The molecule has 1 N–H and O–H groups in total. The smallest absolute Gasteiger partial charge is 0.185 e. The van der Waals surface area contributed by atoms with Crippen molar-refractivity contribution in [3.05, 3.63) is 34.8 Å². The average molecular weight is 270 g/mol. The van der Waals surface area contributed by atoms with Gasteiger partial charge in [0, 0.05) is 33.4 Å². The maximum atomic E-state index is 13.7. The fraction of sp³-hybridized carbons (Fsp3) is 0.375. The van der Waals surface area contributed by atoms with Crippen molar-refractivity contribution < 1.29 is 9.18 Å². The molecular weight excluding hydrogens is 255 g/mol. The van der Waals surface area contributed by atoms with E-state index in [1.165, 1.54) is 12.1 Å². The van der Waals surface area contributed by atoms with Gasteiger partial charge in [0.2, 0.25) is 0 Å². The van der Waals surface area contributed by atoms with E-state index in [9.17, 15) is 9.18 Å². The highest BCUT2D eigenvalue weighted by Crippen LogP contribution is 2.40. The molecule has 1 aliphatic carbocycles. The maximum Gasteiger partial charge on any atom is 0.185 e. The molecule has 1 aliphatic heterocycles. The van der Waals surface area contributed by atoms with E-state index < -0.39 is 0 Å². The zero-order valence-corrected chi connectivity index (χ0v) is 11.5. The molecule has 1 aromatic heterocycles. The summed E-state index contributed by atoms with van der Waals surface area (Å²) < 4.78 is 13.7. The highest BCUT2D eigenvalue weighted by atomic mass is 19.1. The molecule has 4 rings (SSSR count). The van der Waals surface area contributed by atoms with E-state index in [0.29, 0.717) is 11.1 Å². The number of aromatic nitrogens is 1. The molecule has 0 radical (unpaired) electrons. The van der Waals surface area contributed by atoms with Crippen molar-refractivity contribution in [3.63, 3.8) is 0 Å². The maximum absolute atomic E-state index is 13.7. The minimum Gasteiger partial charge on any atom is -0.358 e. The molecule has 0 atom stereocenters. The first-order valence-electron chi connectivity index (χ1n) is 6.86. The standard InChI is InChI=1S/C16H15FN2O/c1-16(2)5-11-15-12(6-16)19-10-4-8(17)3-9(14(10)15)13(20)7-18-11/h3-4,19H,5-7H2,1-2H3. The SMILES string of the molecule is CC1(C)CC2=NCC(=O)c3cc(F)cc4[nH]c(c2c34)C1. The summed E-state index contributed by atoms with van der Waals surface area (Å²) >= 11 is 0. The Morgan fingerprint density at radius 2 is 2.10 bits per heavy atom. The summed E-state index contributed by atoms with van der Waals surface area (Å²) in [7, 11) is 0. The fourth-order valence-corrected chi connectivity index (χ4v) is 3.49. The van der Waals surface area contributed by atoms with E-state index in [1.807, 2.05) is 0 Å². The first kappa shape index (κ1) is 11.8. The molecule has 2 aromatic rings. The van der Waals surface area contributed by atoms with Crippen molar-refractivity contribution in [2.24, 2.45) is 10.4 Å². The van der Waals surface area contributed by atoms with Crippen LogP contribution in [-0.4, -0.2) is 23.0 Å². The molecule has 0 saturated carbocycles. The summed E-state index contributed by atoms with van der Waals surface area (Å²) in [4.78, 5) is 20.0. The predicted octanol–water partition coefficient (Wildman–Crippen LogP) is 3.26. The van der Waals surface area contributed by atoms with Gasteiger partial charge in [-0.1, -0.05) is 13.8 Å². The first-order valence-corrected chi connectivity index (χ1v) is 6.86. The van der Waals surface area contributed by atoms with Crippen LogP contribution in [0, 0.1) is 11.2 Å². The molecule has 4 heteroatoms. The minimum absolute atomic E-state index is 0.101. The Balaban J connectivity index is 2.15. The first-order chi connectivity index (χ1) is 9.44. The van der Waals surface area contributed by atoms with Crippen LogP contribution in [0.3, 0.4) is 0 Å². The lowest BCUT2D eigenvalue weighted by molar-refractivity contribution is 0.100. The molecular formula is C16H15FN2O. The molecule has 102 valence electrons. The number of hydrogen-bond donors (Lipinski definition) is 1. The predicted molar refractivity (Wildman–Crippen MR) is 76.1 cm³/mol. The average Bonchev–Trinajstić information content (AvgIpc) is 2.63. The van der Waals surface area contributed by atoms with Crippen LogP contribution in [0.4, 0.5) is 4.39 Å². The Labute approximate surface area is 115 Å². The van der Waals surface area contributed by atoms with E-state index in [1.54, 1.807) is 0 Å². The second kappa shape index (κ2) is 3.57. The number of rotatable bonds is 0. The van der Waals surface area contributed by atoms with Crippen LogP contribution in [0.5, 0.6) is 0 Å². The van der Waals surface area contributed by atoms with Gasteiger partial charge >= 0.3 is 0 Å². The number of Topliss-reactive ketones (excluding diaryl/α,β-unsaturated/α-hetero) is 1. The number of carbonyl (C=O) groups is 1. The highest BCUT2D eigenvalue weighted by Gasteiger charge is 2.35. The number of hydrogen-bond acceptors (Lipinski definition) is 2. The summed E-state index contributed by atoms with van der Waals surface area (Å²) in [5.74, 6) is -0.474. The summed E-state index contributed by atoms with van der Waals surface area (Å²) in [5.41, 5.74) is 4.40. The topological polar surface area (TPSA) is 45.2 Å². The largest absolute Gasteiger partial charge is 0.358 e. The zero-order chi connectivity index (χ0) is 14.1. The number of benzene rings is 1. The number of H-pyrrole nitrogens is 1. The zero-order valence-electron chi connectivity index (χ0n) is 11.5. The summed E-state index contributed by atoms with van der Waals surface area (Å²) in [6.45, 7) is 4.51. The molecule has 0 amide bonds. The normalized spacial score (nSPS) is 19.9. The number of nitrogens with zero attached hydrogens (tertiary/aromatic N) is 1. The molecule has 1 aromatic carbocycles. The third-order valence-electron chi connectivity index (χ3n) is 4.24. The van der Waals surface area contributed by atoms with Crippen LogP contribution in [0.2, 0.25) is 0 Å². The molecule has 0 bridgehead atoms. The lowest BCUT2D eigenvalue weighted by Crippen LogP contribution is -2.27. The van der Waals surface area contributed by atoms with Crippen LogP contribution >= 0.6 is 0 Å². The highest BCUT2D eigenvalue weighted by molar-refractivity contribution is 6.22. The monoisotopic (exact) mass is 270 g/mol. The van der Waals surface area contributed by atoms with Gasteiger partial charge < -0.3 is 4.98 Å². The number of ketones is 1. The Morgan fingerprint density at radius 1 is 1.30 bits per heavy atom. The van der Waals surface area contributed by atoms with E-state index in [2.05, 4.69) is 23.8 Å². The Morgan fingerprint density at radius 3 is 2.90 bits per heavy atom. The van der Waals surface area contributed by atoms with E-state index in [4.69, 9.17) is 0 Å². The number of aromatic amines is 1. The van der Waals surface area contributed by atoms with E-state index in [0.717, 1.165) is 35.2 Å².